The van der Waals surface area contributed by atoms with Crippen LogP contribution in [0.25, 0.3) is 0 Å². The highest BCUT2D eigenvalue weighted by Crippen LogP contribution is 2.32. The number of piperidine rings is 1. The first-order valence-electron chi connectivity index (χ1n) is 9.19. The lowest BCUT2D eigenvalue weighted by Gasteiger charge is -2.30. The molecule has 2 aliphatic rings. The van der Waals surface area contributed by atoms with Crippen LogP contribution in [0, 0.1) is 5.92 Å². The maximum Gasteiger partial charge on any atom is 0.413 e. The van der Waals surface area contributed by atoms with Gasteiger partial charge in [-0.15, -0.1) is 0 Å². The minimum Gasteiger partial charge on any atom is -0.486 e. The molecule has 27 heavy (non-hydrogen) atoms. The van der Waals surface area contributed by atoms with E-state index in [1.807, 2.05) is 4.90 Å². The summed E-state index contributed by atoms with van der Waals surface area (Å²) in [5, 5.41) is 2.18. The van der Waals surface area contributed by atoms with E-state index in [1.54, 1.807) is 25.1 Å². The molecule has 146 valence electrons. The molecule has 3 rings (SSSR count). The van der Waals surface area contributed by atoms with E-state index in [0.717, 1.165) is 0 Å². The number of amides is 2. The summed E-state index contributed by atoms with van der Waals surface area (Å²) in [6, 6.07) is 5.29. The fourth-order valence-corrected chi connectivity index (χ4v) is 3.31. The molecular formula is C19H24N2O6. The van der Waals surface area contributed by atoms with Crippen LogP contribution in [0.15, 0.2) is 18.2 Å². The Morgan fingerprint density at radius 3 is 2.56 bits per heavy atom. The third-order valence-corrected chi connectivity index (χ3v) is 4.67. The van der Waals surface area contributed by atoms with E-state index < -0.39 is 12.0 Å². The number of fused-ring (bicyclic) bond motifs is 1. The minimum atomic E-state index is -0.730. The summed E-state index contributed by atoms with van der Waals surface area (Å²) in [5.41, 5.74) is 0.623. The molecule has 0 bridgehead atoms. The fourth-order valence-electron chi connectivity index (χ4n) is 3.31. The van der Waals surface area contributed by atoms with Crippen LogP contribution in [0.1, 0.15) is 30.1 Å². The van der Waals surface area contributed by atoms with E-state index in [2.05, 4.69) is 10.1 Å². The van der Waals surface area contributed by atoms with Gasteiger partial charge in [0, 0.05) is 11.5 Å². The second-order valence-corrected chi connectivity index (χ2v) is 6.54. The molecule has 1 aromatic rings. The number of imide groups is 1. The Labute approximate surface area is 157 Å². The second-order valence-electron chi connectivity index (χ2n) is 6.54. The Kier molecular flexibility index (Phi) is 6.28. The van der Waals surface area contributed by atoms with Crippen molar-refractivity contribution in [3.8, 4) is 11.5 Å². The number of Topliss-reactive ketones (excluding diaryl/α,β-unsaturated/α-hetero) is 1. The van der Waals surface area contributed by atoms with Crippen molar-refractivity contribution in [1.82, 2.24) is 10.2 Å². The average molecular weight is 376 g/mol. The van der Waals surface area contributed by atoms with Crippen LogP contribution in [-0.4, -0.2) is 62.1 Å². The number of carbonyl (C=O) groups is 3. The predicted octanol–water partition coefficient (Wildman–Crippen LogP) is 1.63. The van der Waals surface area contributed by atoms with Gasteiger partial charge in [0.25, 0.3) is 0 Å². The zero-order valence-electron chi connectivity index (χ0n) is 15.4. The SMILES string of the molecule is CCOC(=O)NC(=O)CN1CCC(C(=O)c2ccc3c(c2)OCCO3)CC1. The van der Waals surface area contributed by atoms with Gasteiger partial charge < -0.3 is 14.2 Å². The maximum atomic E-state index is 12.8. The van der Waals surface area contributed by atoms with E-state index >= 15 is 0 Å². The molecular weight excluding hydrogens is 352 g/mol. The summed E-state index contributed by atoms with van der Waals surface area (Å²) in [5.74, 6) is 0.880. The second kappa shape index (κ2) is 8.85. The van der Waals surface area contributed by atoms with Crippen molar-refractivity contribution < 1.29 is 28.6 Å². The van der Waals surface area contributed by atoms with Crippen molar-refractivity contribution in [2.24, 2.45) is 5.92 Å². The molecule has 0 aromatic heterocycles. The van der Waals surface area contributed by atoms with Crippen molar-refractivity contribution in [3.05, 3.63) is 23.8 Å². The lowest BCUT2D eigenvalue weighted by Crippen LogP contribution is -2.44. The first-order valence-corrected chi connectivity index (χ1v) is 9.19. The van der Waals surface area contributed by atoms with Crippen LogP contribution < -0.4 is 14.8 Å². The molecule has 1 aromatic carbocycles. The third-order valence-electron chi connectivity index (χ3n) is 4.67. The highest BCUT2D eigenvalue weighted by Gasteiger charge is 2.28. The molecule has 1 fully saturated rings. The largest absolute Gasteiger partial charge is 0.486 e. The van der Waals surface area contributed by atoms with Crippen molar-refractivity contribution >= 4 is 17.8 Å². The summed E-state index contributed by atoms with van der Waals surface area (Å²) >= 11 is 0. The van der Waals surface area contributed by atoms with Gasteiger partial charge in [-0.2, -0.15) is 0 Å². The van der Waals surface area contributed by atoms with Crippen LogP contribution in [0.5, 0.6) is 11.5 Å². The molecule has 2 amide bonds. The lowest BCUT2D eigenvalue weighted by atomic mass is 9.88. The smallest absolute Gasteiger partial charge is 0.413 e. The molecule has 0 saturated carbocycles. The number of hydrogen-bond donors (Lipinski definition) is 1. The molecule has 8 heteroatoms. The topological polar surface area (TPSA) is 94.2 Å². The van der Waals surface area contributed by atoms with Gasteiger partial charge in [-0.1, -0.05) is 0 Å². The number of benzene rings is 1. The standard InChI is InChI=1S/C19H24N2O6/c1-2-25-19(24)20-17(22)12-21-7-5-13(6-8-21)18(23)14-3-4-15-16(11-14)27-10-9-26-15/h3-4,11,13H,2,5-10,12H2,1H3,(H,20,22,24). The summed E-state index contributed by atoms with van der Waals surface area (Å²) < 4.78 is 15.7. The molecule has 0 aliphatic carbocycles. The Bertz CT molecular complexity index is 712. The first kappa shape index (κ1) is 19.2. The zero-order chi connectivity index (χ0) is 19.2. The van der Waals surface area contributed by atoms with Crippen LogP contribution in [0.2, 0.25) is 0 Å². The minimum absolute atomic E-state index is 0.0857. The highest BCUT2D eigenvalue weighted by molar-refractivity contribution is 5.98. The molecule has 0 atom stereocenters. The number of hydrogen-bond acceptors (Lipinski definition) is 7. The van der Waals surface area contributed by atoms with Gasteiger partial charge in [-0.05, 0) is 51.1 Å². The molecule has 2 aliphatic heterocycles. The van der Waals surface area contributed by atoms with Gasteiger partial charge in [-0.25, -0.2) is 4.79 Å². The average Bonchev–Trinajstić information content (AvgIpc) is 2.67. The Morgan fingerprint density at radius 2 is 1.85 bits per heavy atom. The zero-order valence-corrected chi connectivity index (χ0v) is 15.4. The number of likely N-dealkylation sites (tertiary alicyclic amines) is 1. The summed E-state index contributed by atoms with van der Waals surface area (Å²) in [4.78, 5) is 37.8. The van der Waals surface area contributed by atoms with Crippen molar-refractivity contribution in [2.75, 3.05) is 39.5 Å². The van der Waals surface area contributed by atoms with Gasteiger partial charge in [0.05, 0.1) is 13.2 Å². The van der Waals surface area contributed by atoms with Crippen LogP contribution in [-0.2, 0) is 9.53 Å². The van der Waals surface area contributed by atoms with Gasteiger partial charge in [0.1, 0.15) is 13.2 Å². The van der Waals surface area contributed by atoms with Crippen molar-refractivity contribution in [1.29, 1.82) is 0 Å². The van der Waals surface area contributed by atoms with Gasteiger partial charge >= 0.3 is 6.09 Å². The van der Waals surface area contributed by atoms with Crippen molar-refractivity contribution in [3.63, 3.8) is 0 Å². The lowest BCUT2D eigenvalue weighted by molar-refractivity contribution is -0.121. The number of nitrogens with one attached hydrogen (secondary N) is 1. The molecule has 0 unspecified atom stereocenters. The van der Waals surface area contributed by atoms with Gasteiger partial charge in [0.2, 0.25) is 5.91 Å². The summed E-state index contributed by atoms with van der Waals surface area (Å²) in [6.07, 6.45) is 0.603. The third kappa shape index (κ3) is 4.97. The number of rotatable bonds is 5. The molecule has 1 N–H and O–H groups in total. The summed E-state index contributed by atoms with van der Waals surface area (Å²) in [7, 11) is 0. The number of ether oxygens (including phenoxy) is 3. The highest BCUT2D eigenvalue weighted by atomic mass is 16.6. The number of ketones is 1. The monoisotopic (exact) mass is 376 g/mol. The first-order chi connectivity index (χ1) is 13.1. The normalized spacial score (nSPS) is 17.2. The quantitative estimate of drug-likeness (QED) is 0.781. The van der Waals surface area contributed by atoms with E-state index in [4.69, 9.17) is 9.47 Å². The van der Waals surface area contributed by atoms with E-state index in [0.29, 0.717) is 56.2 Å². The number of carbonyl (C=O) groups excluding carboxylic acids is 3. The van der Waals surface area contributed by atoms with Crippen LogP contribution in [0.4, 0.5) is 4.79 Å². The van der Waals surface area contributed by atoms with E-state index in [1.165, 1.54) is 0 Å². The van der Waals surface area contributed by atoms with Gasteiger partial charge in [0.15, 0.2) is 17.3 Å². The Balaban J connectivity index is 1.49. The molecule has 0 spiro atoms. The fraction of sp³-hybridized carbons (Fsp3) is 0.526. The molecule has 0 radical (unpaired) electrons. The van der Waals surface area contributed by atoms with Crippen LogP contribution >= 0.6 is 0 Å². The predicted molar refractivity (Wildman–Crippen MR) is 96.1 cm³/mol. The van der Waals surface area contributed by atoms with Crippen molar-refractivity contribution in [2.45, 2.75) is 19.8 Å². The maximum absolute atomic E-state index is 12.8. The molecule has 8 nitrogen and oxygen atoms in total. The molecule has 1 saturated heterocycles. The molecule has 2 heterocycles. The number of nitrogens with zero attached hydrogens (tertiary/aromatic N) is 1. The Hall–Kier alpha value is -2.61. The summed E-state index contributed by atoms with van der Waals surface area (Å²) in [6.45, 7) is 4.25. The number of alkyl carbamates (subject to hydrolysis) is 1. The Morgan fingerprint density at radius 1 is 1.15 bits per heavy atom. The van der Waals surface area contributed by atoms with E-state index in [9.17, 15) is 14.4 Å². The van der Waals surface area contributed by atoms with E-state index in [-0.39, 0.29) is 24.9 Å². The van der Waals surface area contributed by atoms with Gasteiger partial charge in [-0.3, -0.25) is 19.8 Å². The van der Waals surface area contributed by atoms with Crippen LogP contribution in [0.3, 0.4) is 0 Å².